The number of nitrogens with zero attached hydrogens (tertiary/aromatic N) is 1. The number of hydrogen-bond acceptors (Lipinski definition) is 6. The minimum atomic E-state index is -0.679. The third-order valence-electron chi connectivity index (χ3n) is 6.53. The first kappa shape index (κ1) is 26.8. The lowest BCUT2D eigenvalue weighted by atomic mass is 9.81. The van der Waals surface area contributed by atoms with Gasteiger partial charge in [0.1, 0.15) is 0 Å². The summed E-state index contributed by atoms with van der Waals surface area (Å²) in [6, 6.07) is 19.1. The Balaban J connectivity index is 1.73. The van der Waals surface area contributed by atoms with E-state index in [2.05, 4.69) is 16.7 Å². The van der Waals surface area contributed by atoms with Crippen LogP contribution in [0.5, 0.6) is 0 Å². The third-order valence-corrected chi connectivity index (χ3v) is 7.80. The van der Waals surface area contributed by atoms with E-state index in [1.165, 1.54) is 18.2 Å². The second-order valence-corrected chi connectivity index (χ2v) is 10.5. The molecule has 2 aromatic carbocycles. The van der Waals surface area contributed by atoms with Gasteiger partial charge in [-0.2, -0.15) is 5.26 Å². The van der Waals surface area contributed by atoms with Crippen molar-refractivity contribution in [3.05, 3.63) is 86.9 Å². The Morgan fingerprint density at radius 1 is 1.11 bits per heavy atom. The lowest BCUT2D eigenvalue weighted by Crippen LogP contribution is -2.37. The van der Waals surface area contributed by atoms with Crippen LogP contribution in [0.1, 0.15) is 56.1 Å². The fourth-order valence-electron chi connectivity index (χ4n) is 4.80. The van der Waals surface area contributed by atoms with E-state index >= 15 is 0 Å². The molecule has 6 nitrogen and oxygen atoms in total. The highest BCUT2D eigenvalue weighted by Gasteiger charge is 2.37. The normalized spacial score (nSPS) is 18.1. The summed E-state index contributed by atoms with van der Waals surface area (Å²) in [6.07, 6.45) is 5.49. The maximum Gasteiger partial charge on any atom is 0.337 e. The zero-order chi connectivity index (χ0) is 26.2. The van der Waals surface area contributed by atoms with Crippen LogP contribution in [0.15, 0.2) is 70.8 Å². The molecule has 0 radical (unpaired) electrons. The van der Waals surface area contributed by atoms with Gasteiger partial charge in [0.15, 0.2) is 0 Å². The number of ether oxygens (including phenoxy) is 1. The van der Waals surface area contributed by atoms with Gasteiger partial charge in [0, 0.05) is 11.1 Å². The minimum Gasteiger partial charge on any atom is -0.463 e. The molecule has 1 aliphatic carbocycles. The fourth-order valence-corrected chi connectivity index (χ4v) is 5.78. The van der Waals surface area contributed by atoms with Crippen LogP contribution in [0.4, 0.5) is 0 Å². The second kappa shape index (κ2) is 12.8. The number of amides is 1. The van der Waals surface area contributed by atoms with Crippen LogP contribution in [0.25, 0.3) is 5.70 Å². The number of nitrogens with one attached hydrogen (secondary N) is 2. The standard InChI is InChI=1S/C29H30ClN3O3S/c1-2-36-29(35)26-25(19-13-15-21(30)16-14-19)23(17-31)28(33-27(26)20-9-5-3-6-10-20)37-18-24(34)32-22-11-7-4-8-12-22/h3,5-6,9-10,13-16,22,25,33H,2,4,7-8,11-12,18H2,1H3,(H,32,34). The SMILES string of the molecule is CCOC(=O)C1=C(c2ccccc2)NC(SCC(=O)NC2CCCCC2)=C(C#N)C1c1ccc(Cl)cc1. The molecule has 2 aromatic rings. The summed E-state index contributed by atoms with van der Waals surface area (Å²) in [5.41, 5.74) is 2.80. The summed E-state index contributed by atoms with van der Waals surface area (Å²) in [5, 5.41) is 17.9. The van der Waals surface area contributed by atoms with Gasteiger partial charge >= 0.3 is 5.97 Å². The van der Waals surface area contributed by atoms with Crippen molar-refractivity contribution in [2.24, 2.45) is 0 Å². The lowest BCUT2D eigenvalue weighted by Gasteiger charge is -2.31. The summed E-state index contributed by atoms with van der Waals surface area (Å²) in [5.74, 6) is -1.08. The quantitative estimate of drug-likeness (QED) is 0.408. The molecule has 1 heterocycles. The largest absolute Gasteiger partial charge is 0.463 e. The van der Waals surface area contributed by atoms with Gasteiger partial charge in [0.05, 0.1) is 46.2 Å². The maximum absolute atomic E-state index is 13.3. The number of allylic oxidation sites excluding steroid dienone is 1. The molecule has 1 unspecified atom stereocenters. The van der Waals surface area contributed by atoms with Crippen molar-refractivity contribution in [3.8, 4) is 6.07 Å². The summed E-state index contributed by atoms with van der Waals surface area (Å²) in [7, 11) is 0. The maximum atomic E-state index is 13.3. The van der Waals surface area contributed by atoms with Gasteiger partial charge in [0.2, 0.25) is 5.91 Å². The van der Waals surface area contributed by atoms with E-state index in [1.807, 2.05) is 42.5 Å². The number of thioether (sulfide) groups is 1. The molecule has 192 valence electrons. The molecule has 0 bridgehead atoms. The molecule has 8 heteroatoms. The summed E-state index contributed by atoms with van der Waals surface area (Å²) in [6.45, 7) is 1.95. The summed E-state index contributed by atoms with van der Waals surface area (Å²) >= 11 is 7.42. The molecular formula is C29H30ClN3O3S. The molecule has 4 rings (SSSR count). The number of carbonyl (C=O) groups is 2. The fraction of sp³-hybridized carbons (Fsp3) is 0.345. The molecule has 1 atom stereocenters. The van der Waals surface area contributed by atoms with Gasteiger partial charge in [-0.25, -0.2) is 4.79 Å². The van der Waals surface area contributed by atoms with Gasteiger partial charge < -0.3 is 15.4 Å². The van der Waals surface area contributed by atoms with E-state index in [0.717, 1.165) is 36.8 Å². The topological polar surface area (TPSA) is 91.2 Å². The highest BCUT2D eigenvalue weighted by molar-refractivity contribution is 8.03. The predicted octanol–water partition coefficient (Wildman–Crippen LogP) is 5.92. The molecule has 0 aromatic heterocycles. The van der Waals surface area contributed by atoms with Gasteiger partial charge in [-0.15, -0.1) is 0 Å². The van der Waals surface area contributed by atoms with E-state index < -0.39 is 11.9 Å². The molecular weight excluding hydrogens is 506 g/mol. The van der Waals surface area contributed by atoms with Crippen LogP contribution >= 0.6 is 23.4 Å². The highest BCUT2D eigenvalue weighted by Crippen LogP contribution is 2.43. The molecule has 2 aliphatic rings. The number of hydrogen-bond donors (Lipinski definition) is 2. The van der Waals surface area contributed by atoms with Crippen LogP contribution in [-0.4, -0.2) is 30.3 Å². The number of carbonyl (C=O) groups excluding carboxylic acids is 2. The van der Waals surface area contributed by atoms with Crippen molar-refractivity contribution in [2.75, 3.05) is 12.4 Å². The first-order valence-electron chi connectivity index (χ1n) is 12.6. The van der Waals surface area contributed by atoms with Crippen molar-refractivity contribution in [2.45, 2.75) is 51.0 Å². The van der Waals surface area contributed by atoms with E-state index in [9.17, 15) is 14.9 Å². The Morgan fingerprint density at radius 2 is 1.81 bits per heavy atom. The lowest BCUT2D eigenvalue weighted by molar-refractivity contribution is -0.138. The van der Waals surface area contributed by atoms with E-state index in [1.54, 1.807) is 19.1 Å². The molecule has 0 saturated heterocycles. The summed E-state index contributed by atoms with van der Waals surface area (Å²) < 4.78 is 5.45. The van der Waals surface area contributed by atoms with E-state index in [0.29, 0.717) is 26.9 Å². The monoisotopic (exact) mass is 535 g/mol. The Hall–Kier alpha value is -3.21. The van der Waals surface area contributed by atoms with Crippen molar-refractivity contribution in [3.63, 3.8) is 0 Å². The smallest absolute Gasteiger partial charge is 0.337 e. The highest BCUT2D eigenvalue weighted by atomic mass is 35.5. The molecule has 1 fully saturated rings. The van der Waals surface area contributed by atoms with Crippen LogP contribution in [0.2, 0.25) is 5.02 Å². The molecule has 2 N–H and O–H groups in total. The van der Waals surface area contributed by atoms with Crippen molar-refractivity contribution in [1.82, 2.24) is 10.6 Å². The Labute approximate surface area is 227 Å². The van der Waals surface area contributed by atoms with Crippen molar-refractivity contribution >= 4 is 40.9 Å². The van der Waals surface area contributed by atoms with Gasteiger partial charge in [-0.05, 0) is 43.0 Å². The predicted molar refractivity (Wildman–Crippen MR) is 147 cm³/mol. The number of benzene rings is 2. The van der Waals surface area contributed by atoms with E-state index in [-0.39, 0.29) is 24.3 Å². The molecule has 0 spiro atoms. The van der Waals surface area contributed by atoms with Gasteiger partial charge in [-0.1, -0.05) is 85.1 Å². The zero-order valence-corrected chi connectivity index (χ0v) is 22.3. The Morgan fingerprint density at radius 3 is 2.46 bits per heavy atom. The molecule has 37 heavy (non-hydrogen) atoms. The molecule has 1 amide bonds. The van der Waals surface area contributed by atoms with E-state index in [4.69, 9.17) is 16.3 Å². The average molecular weight is 536 g/mol. The zero-order valence-electron chi connectivity index (χ0n) is 20.8. The van der Waals surface area contributed by atoms with Crippen LogP contribution in [0.3, 0.4) is 0 Å². The molecule has 1 saturated carbocycles. The number of rotatable bonds is 8. The summed E-state index contributed by atoms with van der Waals surface area (Å²) in [4.78, 5) is 26.1. The first-order chi connectivity index (χ1) is 18.0. The van der Waals surface area contributed by atoms with Gasteiger partial charge in [-0.3, -0.25) is 4.79 Å². The number of nitriles is 1. The van der Waals surface area contributed by atoms with Crippen LogP contribution in [-0.2, 0) is 14.3 Å². The Kier molecular flexibility index (Phi) is 9.32. The Bertz CT molecular complexity index is 1230. The van der Waals surface area contributed by atoms with Crippen LogP contribution < -0.4 is 10.6 Å². The first-order valence-corrected chi connectivity index (χ1v) is 13.9. The van der Waals surface area contributed by atoms with Crippen LogP contribution in [0, 0.1) is 11.3 Å². The number of halogens is 1. The van der Waals surface area contributed by atoms with Crippen molar-refractivity contribution < 1.29 is 14.3 Å². The number of esters is 1. The minimum absolute atomic E-state index is 0.0621. The third kappa shape index (κ3) is 6.57. The average Bonchev–Trinajstić information content (AvgIpc) is 2.92. The second-order valence-electron chi connectivity index (χ2n) is 9.03. The molecule has 1 aliphatic heterocycles. The number of dihydropyridines is 1. The van der Waals surface area contributed by atoms with Crippen molar-refractivity contribution in [1.29, 1.82) is 5.26 Å². The van der Waals surface area contributed by atoms with Gasteiger partial charge in [0.25, 0.3) is 0 Å².